The van der Waals surface area contributed by atoms with E-state index in [1.165, 1.54) is 0 Å². The topological polar surface area (TPSA) is 316 Å². The fraction of sp³-hybridized carbons (Fsp3) is 0.131. The number of anilines is 4. The molecule has 0 unspecified atom stereocenters. The summed E-state index contributed by atoms with van der Waals surface area (Å²) in [6, 6.07) is 43.2. The Kier molecular flexibility index (Phi) is 14.6. The average Bonchev–Trinajstić information content (AvgIpc) is 1.55. The Hall–Kier alpha value is -10.3. The molecule has 10 N–H and O–H groups in total. The molecule has 8 aromatic heterocycles. The number of hydrogen-bond donors (Lipinski definition) is 10. The van der Waals surface area contributed by atoms with Crippen molar-refractivity contribution in [2.24, 2.45) is 20.0 Å². The molecular formula is C61H65N24Zn2-. The molecule has 0 fully saturated rings. The van der Waals surface area contributed by atoms with Gasteiger partial charge >= 0.3 is 19.5 Å². The van der Waals surface area contributed by atoms with Crippen molar-refractivity contribution >= 4 is 91.8 Å². The van der Waals surface area contributed by atoms with E-state index in [2.05, 4.69) is 83.9 Å². The second-order valence-electron chi connectivity index (χ2n) is 20.9. The van der Waals surface area contributed by atoms with Crippen molar-refractivity contribution in [1.29, 1.82) is 0 Å². The molecule has 0 amide bonds. The molecule has 4 atom stereocenters. The molecule has 434 valence electrons. The van der Waals surface area contributed by atoms with Gasteiger partial charge in [0.2, 0.25) is 23.8 Å². The van der Waals surface area contributed by atoms with Crippen molar-refractivity contribution in [2.45, 2.75) is 50.3 Å². The molecule has 4 aliphatic heterocycles. The standard InChI is InChI=1S/2C30H25N12.CH3.2Zn.6H2/c2*1-17-8-10-20-22(14-17)35-25(33-20)37-27-39-29(19-6-5-12-31-16-19)30(41-27,24-7-3-4-13-32-24)42-28(40-29)38-26-34-21-11-9-18(2)15-23(21)36-26;;;;;;;;;/h2*3-16H,1-2H3,(H5-,33,34,35,36,37,38,39,40,41,42);1H3;;;6*1H/q3*-1;;+2;;;;;;/t2*29-,30+;;;;;;;;;. The Bertz CT molecular complexity index is 4100. The van der Waals surface area contributed by atoms with Gasteiger partial charge in [-0.15, -0.1) is 0 Å². The Balaban J connectivity index is 0.000000269. The first-order chi connectivity index (χ1) is 41.0. The van der Waals surface area contributed by atoms with E-state index in [9.17, 15) is 0 Å². The van der Waals surface area contributed by atoms with E-state index in [1.54, 1.807) is 37.2 Å². The minimum Gasteiger partial charge on any atom is -0.383 e. The molecule has 0 bridgehead atoms. The molecule has 12 aromatic rings. The van der Waals surface area contributed by atoms with Gasteiger partial charge in [0, 0.05) is 88.3 Å². The largest absolute Gasteiger partial charge is 2.00 e. The van der Waals surface area contributed by atoms with Crippen molar-refractivity contribution in [3.05, 3.63) is 233 Å². The van der Waals surface area contributed by atoms with Crippen LogP contribution in [0.2, 0.25) is 0 Å². The predicted molar refractivity (Wildman–Crippen MR) is 343 cm³/mol. The smallest absolute Gasteiger partial charge is 0.383 e. The number of fused-ring (bicyclic) bond motifs is 6. The number of aromatic amines is 4. The summed E-state index contributed by atoms with van der Waals surface area (Å²) in [4.78, 5) is 70.8. The van der Waals surface area contributed by atoms with Crippen molar-refractivity contribution in [1.82, 2.24) is 70.4 Å². The Morgan fingerprint density at radius 1 is 0.414 bits per heavy atom. The van der Waals surface area contributed by atoms with E-state index in [0.29, 0.717) is 59.0 Å². The van der Waals surface area contributed by atoms with Crippen LogP contribution in [-0.4, -0.2) is 83.6 Å². The van der Waals surface area contributed by atoms with Gasteiger partial charge in [0.05, 0.1) is 55.5 Å². The van der Waals surface area contributed by atoms with Crippen molar-refractivity contribution in [3.8, 4) is 0 Å². The second-order valence-corrected chi connectivity index (χ2v) is 20.9. The van der Waals surface area contributed by atoms with Gasteiger partial charge in [-0.05, 0) is 135 Å². The van der Waals surface area contributed by atoms with Gasteiger partial charge in [-0.1, -0.05) is 48.5 Å². The zero-order valence-corrected chi connectivity index (χ0v) is 53.8. The zero-order chi connectivity index (χ0) is 56.6. The summed E-state index contributed by atoms with van der Waals surface area (Å²) in [7, 11) is 0. The minimum absolute atomic E-state index is 0. The first-order valence-corrected chi connectivity index (χ1v) is 27.0. The third-order valence-corrected chi connectivity index (χ3v) is 14.9. The summed E-state index contributed by atoms with van der Waals surface area (Å²) in [6.07, 6.45) is 10.4. The predicted octanol–water partition coefficient (Wildman–Crippen LogP) is 11.5. The third-order valence-electron chi connectivity index (χ3n) is 14.9. The zero-order valence-electron chi connectivity index (χ0n) is 47.8. The Labute approximate surface area is 532 Å². The van der Waals surface area contributed by atoms with E-state index >= 15 is 0 Å². The molecule has 0 aliphatic carbocycles. The summed E-state index contributed by atoms with van der Waals surface area (Å²) in [5.41, 5.74) is 9.35. The number of nitrogens with one attached hydrogen (secondary N) is 10. The number of H-pyrrole nitrogens is 4. The molecule has 26 heteroatoms. The van der Waals surface area contributed by atoms with Gasteiger partial charge in [0.15, 0.2) is 22.7 Å². The quantitative estimate of drug-likeness (QED) is 0.0500. The number of pyridine rings is 4. The normalized spacial score (nSPS) is 20.3. The molecule has 4 aliphatic rings. The molecule has 16 rings (SSSR count). The van der Waals surface area contributed by atoms with Gasteiger partial charge in [-0.25, -0.2) is 29.9 Å². The van der Waals surface area contributed by atoms with Crippen molar-refractivity contribution < 1.29 is 47.5 Å². The minimum atomic E-state index is -1.27. The number of benzene rings is 4. The number of guanidine groups is 4. The van der Waals surface area contributed by atoms with Crippen LogP contribution in [0.1, 0.15) is 53.3 Å². The van der Waals surface area contributed by atoms with Crippen LogP contribution in [0.15, 0.2) is 191 Å². The molecule has 0 radical (unpaired) electrons. The molecule has 4 aromatic carbocycles. The van der Waals surface area contributed by atoms with Crippen LogP contribution in [0.25, 0.3) is 54.8 Å². The molecule has 24 nitrogen and oxygen atoms in total. The number of aryl methyl sites for hydroxylation is 4. The maximum atomic E-state index is 5.13. The summed E-state index contributed by atoms with van der Waals surface area (Å²) >= 11 is 0. The van der Waals surface area contributed by atoms with E-state index < -0.39 is 22.7 Å². The van der Waals surface area contributed by atoms with E-state index in [-0.39, 0.29) is 54.9 Å². The maximum Gasteiger partial charge on any atom is 2.00 e. The second kappa shape index (κ2) is 22.3. The first-order valence-electron chi connectivity index (χ1n) is 27.0. The van der Waals surface area contributed by atoms with Gasteiger partial charge < -0.3 is 69.2 Å². The van der Waals surface area contributed by atoms with Gasteiger partial charge in [-0.3, -0.25) is 30.6 Å². The maximum absolute atomic E-state index is 5.13. The van der Waals surface area contributed by atoms with E-state index in [4.69, 9.17) is 50.5 Å². The van der Waals surface area contributed by atoms with Crippen molar-refractivity contribution in [2.75, 3.05) is 21.3 Å². The molecule has 0 spiro atoms. The van der Waals surface area contributed by atoms with Crippen LogP contribution in [0.3, 0.4) is 0 Å². The Morgan fingerprint density at radius 2 is 0.770 bits per heavy atom. The molecule has 0 saturated carbocycles. The molecule has 0 saturated heterocycles. The summed E-state index contributed by atoms with van der Waals surface area (Å²) < 4.78 is 0. The van der Waals surface area contributed by atoms with Crippen LogP contribution in [0.4, 0.5) is 23.8 Å². The van der Waals surface area contributed by atoms with Crippen LogP contribution < -0.4 is 31.9 Å². The van der Waals surface area contributed by atoms with Crippen molar-refractivity contribution in [3.63, 3.8) is 0 Å². The fourth-order valence-electron chi connectivity index (χ4n) is 11.1. The number of aromatic nitrogens is 12. The third kappa shape index (κ3) is 9.91. The number of imidazole rings is 4. The fourth-order valence-corrected chi connectivity index (χ4v) is 11.1. The Morgan fingerprint density at radius 3 is 1.09 bits per heavy atom. The summed E-state index contributed by atoms with van der Waals surface area (Å²) in [6.45, 7) is 8.17. The van der Waals surface area contributed by atoms with E-state index in [1.807, 2.05) is 149 Å². The molecule has 87 heavy (non-hydrogen) atoms. The number of hydrogen-bond acceptors (Lipinski definition) is 18. The number of rotatable bonds is 8. The van der Waals surface area contributed by atoms with Crippen LogP contribution >= 0.6 is 0 Å². The summed E-state index contributed by atoms with van der Waals surface area (Å²) in [5.74, 6) is 3.69. The number of nitrogens with zero attached hydrogens (tertiary/aromatic N) is 14. The monoisotopic (exact) mass is 1260 g/mol. The molecule has 12 heterocycles. The van der Waals surface area contributed by atoms with Gasteiger partial charge in [0.1, 0.15) is 11.9 Å². The van der Waals surface area contributed by atoms with E-state index in [0.717, 1.165) is 77.5 Å². The summed E-state index contributed by atoms with van der Waals surface area (Å²) in [5, 5.41) is 30.4. The number of aliphatic imine (C=N–C) groups is 4. The molecular weight excluding hydrogens is 1200 g/mol. The van der Waals surface area contributed by atoms with Crippen LogP contribution in [0, 0.1) is 35.1 Å². The van der Waals surface area contributed by atoms with Gasteiger partial charge in [-0.2, -0.15) is 0 Å². The average molecular weight is 1270 g/mol. The van der Waals surface area contributed by atoms with Gasteiger partial charge in [0.25, 0.3) is 0 Å². The first kappa shape index (κ1) is 57.1. The van der Waals surface area contributed by atoms with Crippen LogP contribution in [-0.2, 0) is 61.6 Å². The SMILES string of the molecule is Cc1ccc2nc(NC3=N[C@]4(c5ccccn5)NC(Nc5nc6ccc(C)cc6[nH]5)=N[C@]4(c4cccnc4)[N-]3)[nH]c2c1.Cc1ccc2nc(NC3=N[C@]4(c5ccccn5)NC(Nc5nc6ccc(C)cc6[nH]5)=N[C@]4(c4cccnc4)[N-]3)[nH]c2c1.[CH3-].[HH].[HH].[HH].[HH].[HH].[HH].[Zn+2].[Zn]. The van der Waals surface area contributed by atoms with Crippen LogP contribution in [0.5, 0.6) is 0 Å².